The summed E-state index contributed by atoms with van der Waals surface area (Å²) in [4.78, 5) is 4.61. The normalized spacial score (nSPS) is 14.7. The van der Waals surface area contributed by atoms with E-state index in [9.17, 15) is 0 Å². The third-order valence-electron chi connectivity index (χ3n) is 3.88. The van der Waals surface area contributed by atoms with Crippen molar-refractivity contribution in [2.75, 3.05) is 0 Å². The second-order valence-corrected chi connectivity index (χ2v) is 5.52. The molecule has 0 radical (unpaired) electrons. The number of hydrogen-bond donors (Lipinski definition) is 2. The van der Waals surface area contributed by atoms with Crippen molar-refractivity contribution >= 4 is 35.9 Å². The van der Waals surface area contributed by atoms with Crippen LogP contribution in [0.1, 0.15) is 51.3 Å². The summed E-state index contributed by atoms with van der Waals surface area (Å²) in [6.45, 7) is 4.21. The summed E-state index contributed by atoms with van der Waals surface area (Å²) in [5, 5.41) is 0. The van der Waals surface area contributed by atoms with Crippen LogP contribution in [0.25, 0.3) is 11.1 Å². The third-order valence-corrected chi connectivity index (χ3v) is 3.88. The highest BCUT2D eigenvalue weighted by Crippen LogP contribution is 2.29. The highest BCUT2D eigenvalue weighted by atomic mass is 35.5. The minimum atomic E-state index is 0. The van der Waals surface area contributed by atoms with Gasteiger partial charge in [-0.2, -0.15) is 0 Å². The van der Waals surface area contributed by atoms with E-state index in [-0.39, 0.29) is 42.8 Å². The number of halogens is 2. The molecule has 1 aromatic heterocycles. The maximum Gasteiger partial charge on any atom is 0.198 e. The predicted molar refractivity (Wildman–Crippen MR) is 97.0 cm³/mol. The maximum atomic E-state index is 6.11. The Kier molecular flexibility index (Phi) is 9.69. The summed E-state index contributed by atoms with van der Waals surface area (Å²) in [5.74, 6) is 0.978. The molecule has 0 saturated carbocycles. The van der Waals surface area contributed by atoms with Gasteiger partial charge in [0.05, 0.1) is 0 Å². The Morgan fingerprint density at radius 2 is 1.55 bits per heavy atom. The molecule has 2 aromatic rings. The van der Waals surface area contributed by atoms with Crippen LogP contribution in [-0.4, -0.2) is 17.1 Å². The van der Waals surface area contributed by atoms with Gasteiger partial charge in [0.15, 0.2) is 11.5 Å². The standard InChI is InChI=1S/C16H25N3O.2ClH/c1-3-12(17)9-11(10-13(18)4-2)16-19-14-7-5-6-8-15(14)20-16;;/h5-8,11-13H,3-4,9-10,17-18H2,1-2H3;2*1H. The Hall–Kier alpha value is -0.810. The number of para-hydroxylation sites is 2. The first-order valence-electron chi connectivity index (χ1n) is 7.50. The van der Waals surface area contributed by atoms with Gasteiger partial charge < -0.3 is 15.9 Å². The molecule has 2 rings (SSSR count). The molecule has 0 bridgehead atoms. The van der Waals surface area contributed by atoms with E-state index in [1.165, 1.54) is 0 Å². The number of oxazole rings is 1. The summed E-state index contributed by atoms with van der Waals surface area (Å²) in [7, 11) is 0. The van der Waals surface area contributed by atoms with E-state index in [0.717, 1.165) is 42.7 Å². The van der Waals surface area contributed by atoms with Crippen molar-refractivity contribution < 1.29 is 4.42 Å². The zero-order chi connectivity index (χ0) is 14.5. The molecule has 0 spiro atoms. The molecule has 126 valence electrons. The molecule has 0 amide bonds. The molecule has 0 aliphatic heterocycles. The van der Waals surface area contributed by atoms with Gasteiger partial charge in [-0.25, -0.2) is 4.98 Å². The van der Waals surface area contributed by atoms with Crippen LogP contribution in [0.2, 0.25) is 0 Å². The minimum Gasteiger partial charge on any atom is -0.440 e. The van der Waals surface area contributed by atoms with Crippen molar-refractivity contribution in [2.45, 2.75) is 57.5 Å². The van der Waals surface area contributed by atoms with Gasteiger partial charge in [-0.05, 0) is 37.8 Å². The molecule has 0 aliphatic carbocycles. The predicted octanol–water partition coefficient (Wildman–Crippen LogP) is 4.01. The van der Waals surface area contributed by atoms with Gasteiger partial charge in [0.2, 0.25) is 0 Å². The lowest BCUT2D eigenvalue weighted by Gasteiger charge is -2.20. The van der Waals surface area contributed by atoms with E-state index in [2.05, 4.69) is 18.8 Å². The van der Waals surface area contributed by atoms with Crippen LogP contribution in [-0.2, 0) is 0 Å². The van der Waals surface area contributed by atoms with Crippen LogP contribution in [0, 0.1) is 0 Å². The van der Waals surface area contributed by atoms with E-state index in [1.54, 1.807) is 0 Å². The van der Waals surface area contributed by atoms with Gasteiger partial charge in [-0.1, -0.05) is 26.0 Å². The summed E-state index contributed by atoms with van der Waals surface area (Å²) in [6, 6.07) is 8.18. The molecule has 1 aromatic carbocycles. The van der Waals surface area contributed by atoms with Crippen LogP contribution in [0.3, 0.4) is 0 Å². The summed E-state index contributed by atoms with van der Waals surface area (Å²) in [6.07, 6.45) is 3.66. The van der Waals surface area contributed by atoms with Crippen molar-refractivity contribution in [1.29, 1.82) is 0 Å². The van der Waals surface area contributed by atoms with Gasteiger partial charge in [0.1, 0.15) is 5.52 Å². The number of nitrogens with two attached hydrogens (primary N) is 2. The number of hydrogen-bond acceptors (Lipinski definition) is 4. The Bertz CT molecular complexity index is 502. The van der Waals surface area contributed by atoms with E-state index in [1.807, 2.05) is 24.3 Å². The highest BCUT2D eigenvalue weighted by molar-refractivity contribution is 5.85. The summed E-state index contributed by atoms with van der Waals surface area (Å²) >= 11 is 0. The maximum absolute atomic E-state index is 6.11. The molecular formula is C16H27Cl2N3O. The SMILES string of the molecule is CCC(N)CC(CC(N)CC)c1nc2ccccc2o1.Cl.Cl. The monoisotopic (exact) mass is 347 g/mol. The van der Waals surface area contributed by atoms with Crippen molar-refractivity contribution in [2.24, 2.45) is 11.5 Å². The second kappa shape index (κ2) is 10.1. The molecular weight excluding hydrogens is 321 g/mol. The average Bonchev–Trinajstić information content (AvgIpc) is 2.90. The molecule has 6 heteroatoms. The molecule has 0 aliphatic rings. The number of benzene rings is 1. The summed E-state index contributed by atoms with van der Waals surface area (Å²) in [5.41, 5.74) is 14.0. The fourth-order valence-corrected chi connectivity index (χ4v) is 2.43. The van der Waals surface area contributed by atoms with E-state index < -0.39 is 0 Å². The first kappa shape index (κ1) is 21.2. The van der Waals surface area contributed by atoms with Crippen molar-refractivity contribution in [1.82, 2.24) is 4.98 Å². The van der Waals surface area contributed by atoms with E-state index >= 15 is 0 Å². The van der Waals surface area contributed by atoms with Crippen molar-refractivity contribution in [3.05, 3.63) is 30.2 Å². The van der Waals surface area contributed by atoms with Crippen LogP contribution < -0.4 is 11.5 Å². The quantitative estimate of drug-likeness (QED) is 0.792. The van der Waals surface area contributed by atoms with Gasteiger partial charge in [-0.3, -0.25) is 0 Å². The first-order valence-corrected chi connectivity index (χ1v) is 7.50. The molecule has 2 atom stereocenters. The Morgan fingerprint density at radius 3 is 2.05 bits per heavy atom. The van der Waals surface area contributed by atoms with Crippen molar-refractivity contribution in [3.63, 3.8) is 0 Å². The average molecular weight is 348 g/mol. The lowest BCUT2D eigenvalue weighted by Crippen LogP contribution is -2.27. The number of nitrogens with zero attached hydrogens (tertiary/aromatic N) is 1. The Balaban J connectivity index is 0.00000220. The molecule has 0 fully saturated rings. The molecule has 4 N–H and O–H groups in total. The number of rotatable bonds is 7. The fraction of sp³-hybridized carbons (Fsp3) is 0.562. The summed E-state index contributed by atoms with van der Waals surface area (Å²) < 4.78 is 5.90. The van der Waals surface area contributed by atoms with E-state index in [0.29, 0.717) is 0 Å². The van der Waals surface area contributed by atoms with E-state index in [4.69, 9.17) is 15.9 Å². The number of aromatic nitrogens is 1. The zero-order valence-electron chi connectivity index (χ0n) is 13.2. The fourth-order valence-electron chi connectivity index (χ4n) is 2.43. The largest absolute Gasteiger partial charge is 0.440 e. The second-order valence-electron chi connectivity index (χ2n) is 5.52. The zero-order valence-corrected chi connectivity index (χ0v) is 14.8. The number of fused-ring (bicyclic) bond motifs is 1. The lowest BCUT2D eigenvalue weighted by atomic mass is 9.91. The Morgan fingerprint density at radius 1 is 1.00 bits per heavy atom. The molecule has 4 nitrogen and oxygen atoms in total. The molecule has 2 unspecified atom stereocenters. The van der Waals surface area contributed by atoms with Crippen LogP contribution >= 0.6 is 24.8 Å². The topological polar surface area (TPSA) is 78.1 Å². The highest BCUT2D eigenvalue weighted by Gasteiger charge is 2.22. The van der Waals surface area contributed by atoms with Crippen molar-refractivity contribution in [3.8, 4) is 0 Å². The van der Waals surface area contributed by atoms with Gasteiger partial charge in [-0.15, -0.1) is 24.8 Å². The smallest absolute Gasteiger partial charge is 0.198 e. The van der Waals surface area contributed by atoms with Crippen LogP contribution in [0.15, 0.2) is 28.7 Å². The lowest BCUT2D eigenvalue weighted by molar-refractivity contribution is 0.379. The molecule has 0 saturated heterocycles. The van der Waals surface area contributed by atoms with Gasteiger partial charge in [0, 0.05) is 18.0 Å². The Labute approximate surface area is 144 Å². The van der Waals surface area contributed by atoms with Crippen LogP contribution in [0.4, 0.5) is 0 Å². The molecule has 1 heterocycles. The minimum absolute atomic E-state index is 0. The first-order chi connectivity index (χ1) is 9.63. The van der Waals surface area contributed by atoms with Crippen LogP contribution in [0.5, 0.6) is 0 Å². The van der Waals surface area contributed by atoms with Gasteiger partial charge >= 0.3 is 0 Å². The molecule has 22 heavy (non-hydrogen) atoms. The van der Waals surface area contributed by atoms with Gasteiger partial charge in [0.25, 0.3) is 0 Å². The third kappa shape index (κ3) is 5.43.